The third-order valence-corrected chi connectivity index (χ3v) is 3.54. The first-order valence-corrected chi connectivity index (χ1v) is 7.58. The second-order valence-electron chi connectivity index (χ2n) is 6.02. The summed E-state index contributed by atoms with van der Waals surface area (Å²) in [5, 5.41) is 2.82. The van der Waals surface area contributed by atoms with Crippen molar-refractivity contribution in [2.45, 2.75) is 19.4 Å². The molecule has 0 spiro atoms. The Morgan fingerprint density at radius 2 is 1.91 bits per heavy atom. The molecule has 1 heterocycles. The number of rotatable bonds is 3. The highest BCUT2D eigenvalue weighted by Crippen LogP contribution is 2.31. The van der Waals surface area contributed by atoms with Gasteiger partial charge in [-0.1, -0.05) is 30.3 Å². The fourth-order valence-corrected chi connectivity index (χ4v) is 2.38. The Morgan fingerprint density at radius 1 is 1.13 bits per heavy atom. The van der Waals surface area contributed by atoms with Crippen molar-refractivity contribution in [3.63, 3.8) is 0 Å². The summed E-state index contributed by atoms with van der Waals surface area (Å²) in [6.45, 7) is 4.04. The molecule has 0 atom stereocenters. The van der Waals surface area contributed by atoms with Gasteiger partial charge < -0.3 is 10.1 Å². The Bertz CT molecular complexity index is 773. The zero-order valence-electron chi connectivity index (χ0n) is 13.2. The molecule has 1 amide bonds. The third-order valence-electron chi connectivity index (χ3n) is 3.54. The van der Waals surface area contributed by atoms with E-state index in [9.17, 15) is 4.79 Å². The lowest BCUT2D eigenvalue weighted by Gasteiger charge is -2.27. The summed E-state index contributed by atoms with van der Waals surface area (Å²) < 4.78 is 5.89. The Kier molecular flexibility index (Phi) is 4.02. The number of nitrogens with one attached hydrogen (secondary N) is 1. The average Bonchev–Trinajstić information content (AvgIpc) is 2.53. The molecule has 0 bridgehead atoms. The number of hydrogen-bond donors (Lipinski definition) is 1. The first-order valence-electron chi connectivity index (χ1n) is 7.58. The number of hydrogen-bond acceptors (Lipinski definition) is 2. The number of amides is 1. The van der Waals surface area contributed by atoms with Gasteiger partial charge in [-0.3, -0.25) is 4.79 Å². The van der Waals surface area contributed by atoms with Crippen LogP contribution in [0.1, 0.15) is 25.0 Å². The van der Waals surface area contributed by atoms with E-state index in [4.69, 9.17) is 4.74 Å². The molecule has 3 nitrogen and oxygen atoms in total. The molecular formula is C20H19NO2. The Hall–Kier alpha value is -2.81. The van der Waals surface area contributed by atoms with Crippen molar-refractivity contribution >= 4 is 23.7 Å². The van der Waals surface area contributed by atoms with Gasteiger partial charge in [-0.2, -0.15) is 0 Å². The lowest BCUT2D eigenvalue weighted by molar-refractivity contribution is -0.111. The van der Waals surface area contributed by atoms with Crippen LogP contribution in [-0.4, -0.2) is 11.5 Å². The van der Waals surface area contributed by atoms with Gasteiger partial charge in [0.2, 0.25) is 5.91 Å². The van der Waals surface area contributed by atoms with E-state index in [1.807, 2.05) is 68.5 Å². The molecule has 2 aromatic carbocycles. The van der Waals surface area contributed by atoms with Gasteiger partial charge in [0, 0.05) is 17.3 Å². The van der Waals surface area contributed by atoms with Crippen molar-refractivity contribution in [3.8, 4) is 5.75 Å². The average molecular weight is 305 g/mol. The minimum Gasteiger partial charge on any atom is -0.483 e. The molecule has 0 saturated carbocycles. The predicted octanol–water partition coefficient (Wildman–Crippen LogP) is 4.52. The van der Waals surface area contributed by atoms with Crippen molar-refractivity contribution in [1.82, 2.24) is 0 Å². The van der Waals surface area contributed by atoms with Crippen molar-refractivity contribution in [2.24, 2.45) is 0 Å². The Morgan fingerprint density at radius 3 is 2.70 bits per heavy atom. The van der Waals surface area contributed by atoms with E-state index in [1.54, 1.807) is 6.08 Å². The lowest BCUT2D eigenvalue weighted by Crippen LogP contribution is -2.27. The number of anilines is 1. The van der Waals surface area contributed by atoms with Gasteiger partial charge in [0.15, 0.2) is 0 Å². The SMILES string of the molecule is CC1(C)C=Cc2cc(C=CC(=O)Nc3ccccc3)ccc2O1. The summed E-state index contributed by atoms with van der Waals surface area (Å²) in [5.41, 5.74) is 2.49. The number of fused-ring (bicyclic) bond motifs is 1. The molecule has 0 fully saturated rings. The van der Waals surface area contributed by atoms with E-state index >= 15 is 0 Å². The number of carbonyl (C=O) groups is 1. The van der Waals surface area contributed by atoms with Crippen molar-refractivity contribution in [1.29, 1.82) is 0 Å². The second kappa shape index (κ2) is 6.13. The van der Waals surface area contributed by atoms with Gasteiger partial charge >= 0.3 is 0 Å². The molecule has 1 aliphatic heterocycles. The molecule has 23 heavy (non-hydrogen) atoms. The summed E-state index contributed by atoms with van der Waals surface area (Å²) in [4.78, 5) is 11.9. The zero-order valence-corrected chi connectivity index (χ0v) is 13.2. The van der Waals surface area contributed by atoms with Crippen LogP contribution >= 0.6 is 0 Å². The van der Waals surface area contributed by atoms with Crippen LogP contribution in [0.5, 0.6) is 5.75 Å². The Labute approximate surface area is 136 Å². The molecule has 0 aliphatic carbocycles. The maximum atomic E-state index is 11.9. The van der Waals surface area contributed by atoms with E-state index < -0.39 is 0 Å². The standard InChI is InChI=1S/C20H19NO2/c1-20(2)13-12-16-14-15(8-10-18(16)23-20)9-11-19(22)21-17-6-4-3-5-7-17/h3-14H,1-2H3,(H,21,22). The molecule has 116 valence electrons. The molecule has 3 rings (SSSR count). The van der Waals surface area contributed by atoms with Crippen LogP contribution in [0, 0.1) is 0 Å². The summed E-state index contributed by atoms with van der Waals surface area (Å²) in [6, 6.07) is 15.3. The maximum Gasteiger partial charge on any atom is 0.248 e. The predicted molar refractivity (Wildman–Crippen MR) is 94.3 cm³/mol. The van der Waals surface area contributed by atoms with Gasteiger partial charge in [-0.05, 0) is 55.8 Å². The molecule has 1 aliphatic rings. The number of benzene rings is 2. The number of para-hydroxylation sites is 1. The van der Waals surface area contributed by atoms with Gasteiger partial charge in [0.05, 0.1) is 0 Å². The van der Waals surface area contributed by atoms with E-state index in [0.717, 1.165) is 22.6 Å². The summed E-state index contributed by atoms with van der Waals surface area (Å²) in [6.07, 6.45) is 7.42. The number of ether oxygens (including phenoxy) is 1. The highest BCUT2D eigenvalue weighted by atomic mass is 16.5. The van der Waals surface area contributed by atoms with Gasteiger partial charge in [0.1, 0.15) is 11.4 Å². The van der Waals surface area contributed by atoms with Gasteiger partial charge in [-0.25, -0.2) is 0 Å². The van der Waals surface area contributed by atoms with Gasteiger partial charge in [-0.15, -0.1) is 0 Å². The van der Waals surface area contributed by atoms with E-state index in [2.05, 4.69) is 11.4 Å². The molecule has 2 aromatic rings. The monoisotopic (exact) mass is 305 g/mol. The van der Waals surface area contributed by atoms with Crippen LogP contribution in [0.4, 0.5) is 5.69 Å². The lowest BCUT2D eigenvalue weighted by atomic mass is 10.0. The molecule has 0 radical (unpaired) electrons. The quantitative estimate of drug-likeness (QED) is 0.847. The van der Waals surface area contributed by atoms with Crippen LogP contribution in [-0.2, 0) is 4.79 Å². The van der Waals surface area contributed by atoms with Crippen LogP contribution in [0.15, 0.2) is 60.7 Å². The molecule has 0 unspecified atom stereocenters. The normalized spacial score (nSPS) is 15.0. The smallest absolute Gasteiger partial charge is 0.248 e. The molecule has 0 saturated heterocycles. The number of carbonyl (C=O) groups excluding carboxylic acids is 1. The van der Waals surface area contributed by atoms with Crippen molar-refractivity contribution in [2.75, 3.05) is 5.32 Å². The minimum absolute atomic E-state index is 0.151. The topological polar surface area (TPSA) is 38.3 Å². The maximum absolute atomic E-state index is 11.9. The third kappa shape index (κ3) is 3.89. The highest BCUT2D eigenvalue weighted by molar-refractivity contribution is 6.01. The summed E-state index contributed by atoms with van der Waals surface area (Å²) in [7, 11) is 0. The van der Waals surface area contributed by atoms with Crippen LogP contribution in [0.2, 0.25) is 0 Å². The Balaban J connectivity index is 1.70. The highest BCUT2D eigenvalue weighted by Gasteiger charge is 2.21. The van der Waals surface area contributed by atoms with Crippen molar-refractivity contribution < 1.29 is 9.53 Å². The van der Waals surface area contributed by atoms with Crippen LogP contribution in [0.3, 0.4) is 0 Å². The first kappa shape index (κ1) is 15.1. The van der Waals surface area contributed by atoms with Crippen LogP contribution in [0.25, 0.3) is 12.2 Å². The molecule has 1 N–H and O–H groups in total. The molecule has 3 heteroatoms. The zero-order chi connectivity index (χ0) is 16.3. The largest absolute Gasteiger partial charge is 0.483 e. The molecule has 0 aromatic heterocycles. The van der Waals surface area contributed by atoms with Gasteiger partial charge in [0.25, 0.3) is 0 Å². The second-order valence-corrected chi connectivity index (χ2v) is 6.02. The van der Waals surface area contributed by atoms with E-state index in [0.29, 0.717) is 0 Å². The first-order chi connectivity index (χ1) is 11.0. The fourth-order valence-electron chi connectivity index (χ4n) is 2.38. The fraction of sp³-hybridized carbons (Fsp3) is 0.150. The summed E-state index contributed by atoms with van der Waals surface area (Å²) in [5.74, 6) is 0.713. The van der Waals surface area contributed by atoms with Crippen molar-refractivity contribution in [3.05, 3.63) is 71.8 Å². The minimum atomic E-state index is -0.278. The summed E-state index contributed by atoms with van der Waals surface area (Å²) >= 11 is 0. The molecular weight excluding hydrogens is 286 g/mol. The van der Waals surface area contributed by atoms with Crippen LogP contribution < -0.4 is 10.1 Å². The van der Waals surface area contributed by atoms with E-state index in [-0.39, 0.29) is 11.5 Å². The van der Waals surface area contributed by atoms with E-state index in [1.165, 1.54) is 6.08 Å².